The quantitative estimate of drug-likeness (QED) is 0.353. The van der Waals surface area contributed by atoms with Gasteiger partial charge < -0.3 is 15.7 Å². The van der Waals surface area contributed by atoms with Gasteiger partial charge in [0, 0.05) is 19.0 Å². The van der Waals surface area contributed by atoms with Crippen LogP contribution in [0.1, 0.15) is 24.0 Å². The summed E-state index contributed by atoms with van der Waals surface area (Å²) in [6.07, 6.45) is 0. The van der Waals surface area contributed by atoms with E-state index in [2.05, 4.69) is 64.2 Å². The number of hydrogen-bond donors (Lipinski definition) is 3. The van der Waals surface area contributed by atoms with Crippen molar-refractivity contribution < 1.29 is 5.11 Å². The summed E-state index contributed by atoms with van der Waals surface area (Å²) in [4.78, 5) is 4.69. The molecule has 0 atom stereocenters. The van der Waals surface area contributed by atoms with E-state index in [9.17, 15) is 0 Å². The Labute approximate surface area is 161 Å². The molecule has 2 rings (SSSR count). The fourth-order valence-corrected chi connectivity index (χ4v) is 2.47. The predicted octanol–water partition coefficient (Wildman–Crippen LogP) is 2.98. The van der Waals surface area contributed by atoms with Gasteiger partial charge in [-0.15, -0.1) is 24.0 Å². The zero-order valence-corrected chi connectivity index (χ0v) is 16.3. The highest BCUT2D eigenvalue weighted by atomic mass is 127. The fraction of sp³-hybridized carbons (Fsp3) is 0.316. The van der Waals surface area contributed by atoms with E-state index < -0.39 is 0 Å². The van der Waals surface area contributed by atoms with E-state index >= 15 is 0 Å². The molecule has 0 saturated carbocycles. The molecule has 0 aliphatic heterocycles. The summed E-state index contributed by atoms with van der Waals surface area (Å²) in [6.45, 7) is 4.05. The predicted molar refractivity (Wildman–Crippen MR) is 111 cm³/mol. The van der Waals surface area contributed by atoms with Gasteiger partial charge in [-0.1, -0.05) is 60.7 Å². The SMILES string of the molecule is CCNC(=NCC(c1ccccc1)c1ccccc1)NCCO.I. The summed E-state index contributed by atoms with van der Waals surface area (Å²) in [7, 11) is 0. The summed E-state index contributed by atoms with van der Waals surface area (Å²) in [6, 6.07) is 20.9. The molecule has 0 aliphatic rings. The van der Waals surface area contributed by atoms with Crippen LogP contribution in [0.15, 0.2) is 65.7 Å². The second-order valence-electron chi connectivity index (χ2n) is 5.24. The molecular formula is C19H26IN3O. The van der Waals surface area contributed by atoms with Crippen molar-refractivity contribution in [3.05, 3.63) is 71.8 Å². The van der Waals surface area contributed by atoms with Gasteiger partial charge in [0.15, 0.2) is 5.96 Å². The standard InChI is InChI=1S/C19H25N3O.HI/c1-2-20-19(21-13-14-23)22-15-18(16-9-5-3-6-10-16)17-11-7-4-8-12-17;/h3-12,18,23H,2,13-15H2,1H3,(H2,20,21,22);1H. The molecule has 3 N–H and O–H groups in total. The zero-order chi connectivity index (χ0) is 16.3. The van der Waals surface area contributed by atoms with E-state index in [0.29, 0.717) is 13.1 Å². The van der Waals surface area contributed by atoms with Gasteiger partial charge in [-0.05, 0) is 18.1 Å². The molecule has 4 nitrogen and oxygen atoms in total. The molecule has 5 heteroatoms. The Morgan fingerprint density at radius 3 is 1.96 bits per heavy atom. The topological polar surface area (TPSA) is 56.7 Å². The van der Waals surface area contributed by atoms with Crippen LogP contribution in [0, 0.1) is 0 Å². The van der Waals surface area contributed by atoms with Gasteiger partial charge >= 0.3 is 0 Å². The number of aliphatic imine (C=N–C) groups is 1. The Kier molecular flexibility index (Phi) is 10.1. The number of aliphatic hydroxyl groups is 1. The number of halogens is 1. The number of hydrogen-bond acceptors (Lipinski definition) is 2. The summed E-state index contributed by atoms with van der Waals surface area (Å²) in [5, 5.41) is 15.3. The van der Waals surface area contributed by atoms with E-state index in [4.69, 9.17) is 5.11 Å². The van der Waals surface area contributed by atoms with Crippen molar-refractivity contribution >= 4 is 29.9 Å². The van der Waals surface area contributed by atoms with Crippen LogP contribution >= 0.6 is 24.0 Å². The molecule has 0 fully saturated rings. The molecule has 130 valence electrons. The first-order chi connectivity index (χ1) is 11.3. The Morgan fingerprint density at radius 1 is 0.958 bits per heavy atom. The van der Waals surface area contributed by atoms with E-state index in [1.54, 1.807) is 0 Å². The van der Waals surface area contributed by atoms with Crippen LogP contribution in [-0.2, 0) is 0 Å². The maximum Gasteiger partial charge on any atom is 0.191 e. The molecule has 0 unspecified atom stereocenters. The van der Waals surface area contributed by atoms with E-state index in [1.807, 2.05) is 19.1 Å². The highest BCUT2D eigenvalue weighted by Gasteiger charge is 2.13. The molecule has 0 amide bonds. The molecule has 0 spiro atoms. The van der Waals surface area contributed by atoms with Gasteiger partial charge in [0.2, 0.25) is 0 Å². The van der Waals surface area contributed by atoms with Crippen molar-refractivity contribution in [2.45, 2.75) is 12.8 Å². The Morgan fingerprint density at radius 2 is 1.50 bits per heavy atom. The third-order valence-corrected chi connectivity index (χ3v) is 3.58. The maximum absolute atomic E-state index is 8.97. The monoisotopic (exact) mass is 439 g/mol. The van der Waals surface area contributed by atoms with Crippen molar-refractivity contribution in [2.24, 2.45) is 4.99 Å². The molecule has 0 heterocycles. The van der Waals surface area contributed by atoms with Crippen molar-refractivity contribution in [2.75, 3.05) is 26.2 Å². The molecule has 0 saturated heterocycles. The van der Waals surface area contributed by atoms with Gasteiger partial charge in [0.05, 0.1) is 13.2 Å². The first-order valence-electron chi connectivity index (χ1n) is 8.08. The normalized spacial score (nSPS) is 11.0. The lowest BCUT2D eigenvalue weighted by atomic mass is 9.91. The maximum atomic E-state index is 8.97. The lowest BCUT2D eigenvalue weighted by molar-refractivity contribution is 0.300. The molecule has 24 heavy (non-hydrogen) atoms. The molecule has 0 aliphatic carbocycles. The molecule has 0 aromatic heterocycles. The van der Waals surface area contributed by atoms with E-state index in [-0.39, 0.29) is 36.5 Å². The Hall–Kier alpha value is -1.60. The third-order valence-electron chi connectivity index (χ3n) is 3.58. The van der Waals surface area contributed by atoms with Crippen LogP contribution in [0.5, 0.6) is 0 Å². The highest BCUT2D eigenvalue weighted by molar-refractivity contribution is 14.0. The summed E-state index contributed by atoms with van der Waals surface area (Å²) in [5.41, 5.74) is 2.50. The van der Waals surface area contributed by atoms with Crippen LogP contribution in [0.2, 0.25) is 0 Å². The van der Waals surface area contributed by atoms with Gasteiger partial charge in [-0.3, -0.25) is 4.99 Å². The van der Waals surface area contributed by atoms with Gasteiger partial charge in [0.25, 0.3) is 0 Å². The van der Waals surface area contributed by atoms with Crippen LogP contribution in [-0.4, -0.2) is 37.3 Å². The fourth-order valence-electron chi connectivity index (χ4n) is 2.47. The number of aliphatic hydroxyl groups excluding tert-OH is 1. The number of nitrogens with zero attached hydrogens (tertiary/aromatic N) is 1. The minimum atomic E-state index is 0. The number of benzene rings is 2. The molecular weight excluding hydrogens is 413 g/mol. The second-order valence-corrected chi connectivity index (χ2v) is 5.24. The lowest BCUT2D eigenvalue weighted by Crippen LogP contribution is -2.39. The van der Waals surface area contributed by atoms with Crippen LogP contribution in [0.25, 0.3) is 0 Å². The molecule has 2 aromatic rings. The van der Waals surface area contributed by atoms with Gasteiger partial charge in [0.1, 0.15) is 0 Å². The Balaban J connectivity index is 0.00000288. The van der Waals surface area contributed by atoms with E-state index in [0.717, 1.165) is 12.5 Å². The Bertz CT molecular complexity index is 551. The van der Waals surface area contributed by atoms with Crippen LogP contribution < -0.4 is 10.6 Å². The summed E-state index contributed by atoms with van der Waals surface area (Å²) < 4.78 is 0. The van der Waals surface area contributed by atoms with Crippen LogP contribution in [0.4, 0.5) is 0 Å². The smallest absolute Gasteiger partial charge is 0.191 e. The first kappa shape index (κ1) is 20.4. The number of nitrogens with one attached hydrogen (secondary N) is 2. The van der Waals surface area contributed by atoms with Crippen molar-refractivity contribution in [1.82, 2.24) is 10.6 Å². The first-order valence-corrected chi connectivity index (χ1v) is 8.08. The van der Waals surface area contributed by atoms with Crippen molar-refractivity contribution in [3.63, 3.8) is 0 Å². The average molecular weight is 439 g/mol. The van der Waals surface area contributed by atoms with Crippen molar-refractivity contribution in [1.29, 1.82) is 0 Å². The van der Waals surface area contributed by atoms with Gasteiger partial charge in [-0.25, -0.2) is 0 Å². The zero-order valence-electron chi connectivity index (χ0n) is 14.0. The van der Waals surface area contributed by atoms with Gasteiger partial charge in [-0.2, -0.15) is 0 Å². The highest BCUT2D eigenvalue weighted by Crippen LogP contribution is 2.24. The largest absolute Gasteiger partial charge is 0.395 e. The minimum absolute atomic E-state index is 0. The van der Waals surface area contributed by atoms with E-state index in [1.165, 1.54) is 11.1 Å². The summed E-state index contributed by atoms with van der Waals surface area (Å²) in [5.74, 6) is 0.945. The molecule has 0 bridgehead atoms. The minimum Gasteiger partial charge on any atom is -0.395 e. The summed E-state index contributed by atoms with van der Waals surface area (Å²) >= 11 is 0. The second kappa shape index (κ2) is 11.9. The number of rotatable bonds is 7. The number of guanidine groups is 1. The van der Waals surface area contributed by atoms with Crippen LogP contribution in [0.3, 0.4) is 0 Å². The third kappa shape index (κ3) is 6.49. The average Bonchev–Trinajstić information content (AvgIpc) is 2.61. The molecule has 2 aromatic carbocycles. The molecule has 0 radical (unpaired) electrons. The lowest BCUT2D eigenvalue weighted by Gasteiger charge is -2.17. The van der Waals surface area contributed by atoms with Crippen molar-refractivity contribution in [3.8, 4) is 0 Å².